The maximum atomic E-state index is 11.8. The number of rotatable bonds is 21. The molecule has 0 radical (unpaired) electrons. The number of nitrogens with one attached hydrogen (secondary N) is 1. The molecule has 30 heavy (non-hydrogen) atoms. The van der Waals surface area contributed by atoms with Gasteiger partial charge in [-0.15, -0.1) is 0 Å². The summed E-state index contributed by atoms with van der Waals surface area (Å²) in [5, 5.41) is 20.1. The maximum Gasteiger partial charge on any atom is 1.00 e. The van der Waals surface area contributed by atoms with E-state index >= 15 is 0 Å². The molecule has 172 valence electrons. The van der Waals surface area contributed by atoms with Crippen LogP contribution in [0.1, 0.15) is 124 Å². The van der Waals surface area contributed by atoms with Gasteiger partial charge in [0, 0.05) is 12.8 Å². The van der Waals surface area contributed by atoms with Gasteiger partial charge < -0.3 is 17.0 Å². The Morgan fingerprint density at radius 1 is 0.700 bits per heavy atom. The van der Waals surface area contributed by atoms with Gasteiger partial charge in [0.25, 0.3) is 0 Å². The molecule has 3 N–H and O–H groups in total. The summed E-state index contributed by atoms with van der Waals surface area (Å²) in [7, 11) is 0. The van der Waals surface area contributed by atoms with Gasteiger partial charge in [0.2, 0.25) is 5.91 Å². The first-order chi connectivity index (χ1) is 14.0. The Hall–Kier alpha value is -0.590. The van der Waals surface area contributed by atoms with Crippen LogP contribution in [0.4, 0.5) is 0 Å². The molecule has 0 aliphatic carbocycles. The summed E-state index contributed by atoms with van der Waals surface area (Å²) < 4.78 is 0. The number of hydrogen-bond acceptors (Lipinski definition) is 3. The average Bonchev–Trinajstić information content (AvgIpc) is 2.67. The van der Waals surface area contributed by atoms with Gasteiger partial charge >= 0.3 is 41.5 Å². The number of carbonyl (C=O) groups is 3. The topological polar surface area (TPSA) is 104 Å². The van der Waals surface area contributed by atoms with Crippen LogP contribution in [0.25, 0.3) is 0 Å². The molecule has 0 spiro atoms. The van der Waals surface area contributed by atoms with Crippen molar-refractivity contribution in [1.82, 2.24) is 5.32 Å². The van der Waals surface area contributed by atoms with Crippen molar-refractivity contribution in [2.75, 3.05) is 0 Å². The second-order valence-electron chi connectivity index (χ2n) is 8.09. The monoisotopic (exact) mass is 437 g/mol. The number of unbranched alkanes of at least 4 members (excludes halogenated alkanes) is 14. The van der Waals surface area contributed by atoms with Crippen molar-refractivity contribution in [1.29, 1.82) is 0 Å². The third-order valence-corrected chi connectivity index (χ3v) is 5.29. The van der Waals surface area contributed by atoms with Crippen molar-refractivity contribution in [3.8, 4) is 0 Å². The van der Waals surface area contributed by atoms with Gasteiger partial charge in [0.15, 0.2) is 0 Å². The largest absolute Gasteiger partial charge is 1.00 e. The molecule has 0 aliphatic heterocycles. The van der Waals surface area contributed by atoms with Crippen molar-refractivity contribution >= 4 is 17.8 Å². The van der Waals surface area contributed by atoms with E-state index in [9.17, 15) is 14.4 Å². The summed E-state index contributed by atoms with van der Waals surface area (Å²) in [6.07, 6.45) is 18.8. The van der Waals surface area contributed by atoms with Gasteiger partial charge in [-0.25, -0.2) is 4.79 Å². The smallest absolute Gasteiger partial charge is 1.00 e. The zero-order chi connectivity index (χ0) is 21.7. The molecule has 6 nitrogen and oxygen atoms in total. The Labute approximate surface area is 206 Å². The van der Waals surface area contributed by atoms with E-state index in [0.29, 0.717) is 6.42 Å². The fourth-order valence-electron chi connectivity index (χ4n) is 3.45. The molecular formula is C23H44NNaO5. The van der Waals surface area contributed by atoms with E-state index < -0.39 is 18.0 Å². The Morgan fingerprint density at radius 3 is 1.47 bits per heavy atom. The number of aliphatic carboxylic acids is 2. The summed E-state index contributed by atoms with van der Waals surface area (Å²) in [4.78, 5) is 33.4. The average molecular weight is 438 g/mol. The van der Waals surface area contributed by atoms with E-state index in [0.717, 1.165) is 19.3 Å². The van der Waals surface area contributed by atoms with E-state index in [1.807, 2.05) is 0 Å². The maximum absolute atomic E-state index is 11.8. The van der Waals surface area contributed by atoms with Crippen LogP contribution < -0.4 is 34.9 Å². The fourth-order valence-corrected chi connectivity index (χ4v) is 3.45. The van der Waals surface area contributed by atoms with Gasteiger partial charge in [-0.05, 0) is 12.8 Å². The summed E-state index contributed by atoms with van der Waals surface area (Å²) in [5.41, 5.74) is 0. The molecule has 0 saturated carbocycles. The first-order valence-electron chi connectivity index (χ1n) is 11.7. The molecule has 0 heterocycles. The van der Waals surface area contributed by atoms with Crippen molar-refractivity contribution < 1.29 is 55.6 Å². The van der Waals surface area contributed by atoms with Crippen LogP contribution in [-0.2, 0) is 14.4 Å². The van der Waals surface area contributed by atoms with E-state index in [1.54, 1.807) is 0 Å². The number of carboxylic acid groups (broad SMARTS) is 2. The zero-order valence-corrected chi connectivity index (χ0v) is 21.4. The molecule has 1 atom stereocenters. The van der Waals surface area contributed by atoms with Crippen LogP contribution in [-0.4, -0.2) is 34.1 Å². The van der Waals surface area contributed by atoms with Crippen LogP contribution in [0.15, 0.2) is 0 Å². The standard InChI is InChI=1S/C23H43NO5.Na.H/c1-2-3-4-5-6-7-8-9-10-11-12-13-14-15-16-17-21(25)24-20(23(28)29)18-19-22(26)27;;/h20H,2-19H2,1H3,(H,24,25)(H,26,27)(H,28,29);;/q;+1;-1/t20-;;/m0../s1. The molecule has 0 aromatic rings. The summed E-state index contributed by atoms with van der Waals surface area (Å²) >= 11 is 0. The molecule has 0 rings (SSSR count). The summed E-state index contributed by atoms with van der Waals surface area (Å²) in [6.45, 7) is 2.25. The van der Waals surface area contributed by atoms with Gasteiger partial charge in [-0.1, -0.05) is 96.8 Å². The number of amides is 1. The fraction of sp³-hybridized carbons (Fsp3) is 0.870. The number of carboxylic acids is 2. The molecule has 0 saturated heterocycles. The molecule has 0 aliphatic rings. The second-order valence-corrected chi connectivity index (χ2v) is 8.09. The molecular weight excluding hydrogens is 393 g/mol. The molecule has 0 aromatic heterocycles. The van der Waals surface area contributed by atoms with Crippen LogP contribution in [0.3, 0.4) is 0 Å². The van der Waals surface area contributed by atoms with E-state index in [2.05, 4.69) is 12.2 Å². The minimum atomic E-state index is -1.18. The Bertz CT molecular complexity index is 452. The molecule has 1 amide bonds. The Morgan fingerprint density at radius 2 is 1.10 bits per heavy atom. The normalized spacial score (nSPS) is 11.5. The third kappa shape index (κ3) is 22.1. The molecule has 7 heteroatoms. The molecule has 0 unspecified atom stereocenters. The quantitative estimate of drug-likeness (QED) is 0.189. The number of hydrogen-bond donors (Lipinski definition) is 3. The second kappa shape index (κ2) is 23.1. The molecule has 0 fully saturated rings. The van der Waals surface area contributed by atoms with Crippen LogP contribution in [0, 0.1) is 0 Å². The predicted octanol–water partition coefficient (Wildman–Crippen LogP) is 2.80. The van der Waals surface area contributed by atoms with Gasteiger partial charge in [-0.3, -0.25) is 9.59 Å². The van der Waals surface area contributed by atoms with Gasteiger partial charge in [0.05, 0.1) is 0 Å². The summed E-state index contributed by atoms with van der Waals surface area (Å²) in [6, 6.07) is -1.12. The van der Waals surface area contributed by atoms with Gasteiger partial charge in [-0.2, -0.15) is 0 Å². The molecule has 0 aromatic carbocycles. The van der Waals surface area contributed by atoms with Crippen molar-refractivity contribution in [2.24, 2.45) is 0 Å². The Balaban J connectivity index is -0.00000392. The van der Waals surface area contributed by atoms with E-state index in [4.69, 9.17) is 10.2 Å². The predicted molar refractivity (Wildman–Crippen MR) is 117 cm³/mol. The van der Waals surface area contributed by atoms with E-state index in [-0.39, 0.29) is 49.7 Å². The van der Waals surface area contributed by atoms with Crippen molar-refractivity contribution in [2.45, 2.75) is 129 Å². The molecule has 0 bridgehead atoms. The summed E-state index contributed by atoms with van der Waals surface area (Å²) in [5.74, 6) is -2.55. The minimum absolute atomic E-state index is 0. The first-order valence-corrected chi connectivity index (χ1v) is 11.7. The van der Waals surface area contributed by atoms with Crippen LogP contribution in [0.2, 0.25) is 0 Å². The Kier molecular flexibility index (Phi) is 24.3. The SMILES string of the molecule is CCCCCCCCCCCCCCCCCC(=O)N[C@@H](CCC(=O)O)C(=O)O.[H-].[Na+]. The third-order valence-electron chi connectivity index (χ3n) is 5.29. The van der Waals surface area contributed by atoms with Crippen LogP contribution in [0.5, 0.6) is 0 Å². The van der Waals surface area contributed by atoms with E-state index in [1.165, 1.54) is 77.0 Å². The van der Waals surface area contributed by atoms with Crippen molar-refractivity contribution in [3.63, 3.8) is 0 Å². The number of carbonyl (C=O) groups excluding carboxylic acids is 1. The first kappa shape index (κ1) is 31.6. The van der Waals surface area contributed by atoms with Crippen LogP contribution >= 0.6 is 0 Å². The minimum Gasteiger partial charge on any atom is -1.00 e. The van der Waals surface area contributed by atoms with Crippen molar-refractivity contribution in [3.05, 3.63) is 0 Å². The van der Waals surface area contributed by atoms with Gasteiger partial charge in [0.1, 0.15) is 6.04 Å². The zero-order valence-electron chi connectivity index (χ0n) is 20.4.